The zero-order chi connectivity index (χ0) is 10.1. The van der Waals surface area contributed by atoms with Crippen molar-refractivity contribution in [1.29, 1.82) is 0 Å². The van der Waals surface area contributed by atoms with Gasteiger partial charge >= 0.3 is 0 Å². The van der Waals surface area contributed by atoms with Crippen molar-refractivity contribution in [2.75, 3.05) is 5.73 Å². The van der Waals surface area contributed by atoms with Gasteiger partial charge < -0.3 is 5.73 Å². The second kappa shape index (κ2) is 3.15. The summed E-state index contributed by atoms with van der Waals surface area (Å²) in [5, 5.41) is 3.49. The second-order valence-electron chi connectivity index (χ2n) is 2.42. The normalized spacial score (nSPS) is 11.2. The van der Waals surface area contributed by atoms with Gasteiger partial charge in [-0.05, 0) is 12.1 Å². The van der Waals surface area contributed by atoms with E-state index in [1.165, 1.54) is 18.2 Å². The van der Waals surface area contributed by atoms with Gasteiger partial charge in [0.25, 0.3) is 15.1 Å². The third kappa shape index (κ3) is 2.04. The fraction of sp³-hybridized carbons (Fsp3) is 0. The number of benzene rings is 1. The maximum atomic E-state index is 11.1. The monoisotopic (exact) mass is 200 g/mol. The molecule has 0 bridgehead atoms. The number of primary sulfonamides is 1. The van der Waals surface area contributed by atoms with Crippen molar-refractivity contribution >= 4 is 20.8 Å². The molecule has 0 heterocycles. The Balaban J connectivity index is 3.26. The predicted octanol–water partition coefficient (Wildman–Crippen LogP) is -0.302. The summed E-state index contributed by atoms with van der Waals surface area (Å²) in [6.07, 6.45) is 0. The smallest absolute Gasteiger partial charge is 0.293 e. The van der Waals surface area contributed by atoms with Crippen molar-refractivity contribution in [3.05, 3.63) is 29.8 Å². The third-order valence-corrected chi connectivity index (χ3v) is 2.18. The number of sulfonamides is 1. The van der Waals surface area contributed by atoms with E-state index in [0.717, 1.165) is 0 Å². The van der Waals surface area contributed by atoms with Crippen LogP contribution in [0.25, 0.3) is 0 Å². The molecule has 0 unspecified atom stereocenters. The SMILES string of the molecule is Nc1ccccc1C(=O)S(N)(=O)=O. The number of nitrogen functional groups attached to an aromatic ring is 1. The first-order valence-electron chi connectivity index (χ1n) is 3.34. The molecule has 13 heavy (non-hydrogen) atoms. The van der Waals surface area contributed by atoms with Crippen molar-refractivity contribution in [3.63, 3.8) is 0 Å². The number of rotatable bonds is 1. The van der Waals surface area contributed by atoms with E-state index in [-0.39, 0.29) is 11.3 Å². The van der Waals surface area contributed by atoms with Crippen LogP contribution in [-0.2, 0) is 10.0 Å². The van der Waals surface area contributed by atoms with Crippen molar-refractivity contribution < 1.29 is 13.2 Å². The minimum Gasteiger partial charge on any atom is -0.398 e. The maximum absolute atomic E-state index is 11.1. The van der Waals surface area contributed by atoms with Crippen LogP contribution in [0.15, 0.2) is 24.3 Å². The fourth-order valence-corrected chi connectivity index (χ4v) is 1.33. The van der Waals surface area contributed by atoms with Crippen LogP contribution >= 0.6 is 0 Å². The van der Waals surface area contributed by atoms with Crippen LogP contribution in [0.2, 0.25) is 0 Å². The van der Waals surface area contributed by atoms with Gasteiger partial charge in [-0.3, -0.25) is 4.79 Å². The topological polar surface area (TPSA) is 103 Å². The largest absolute Gasteiger partial charge is 0.398 e. The van der Waals surface area contributed by atoms with E-state index in [1.54, 1.807) is 6.07 Å². The summed E-state index contributed by atoms with van der Waals surface area (Å²) in [5.74, 6) is 0. The van der Waals surface area contributed by atoms with Crippen molar-refractivity contribution in [1.82, 2.24) is 0 Å². The Morgan fingerprint density at radius 2 is 1.77 bits per heavy atom. The number of carbonyl (C=O) groups is 1. The van der Waals surface area contributed by atoms with Crippen LogP contribution in [0, 0.1) is 0 Å². The van der Waals surface area contributed by atoms with E-state index in [2.05, 4.69) is 5.14 Å². The highest BCUT2D eigenvalue weighted by atomic mass is 32.2. The Hall–Kier alpha value is -1.40. The first kappa shape index (κ1) is 9.69. The summed E-state index contributed by atoms with van der Waals surface area (Å²) in [4.78, 5) is 11.1. The van der Waals surface area contributed by atoms with Gasteiger partial charge in [-0.1, -0.05) is 12.1 Å². The third-order valence-electron chi connectivity index (χ3n) is 1.44. The molecule has 0 saturated heterocycles. The van der Waals surface area contributed by atoms with Crippen molar-refractivity contribution in [2.45, 2.75) is 0 Å². The van der Waals surface area contributed by atoms with Crippen molar-refractivity contribution in [3.8, 4) is 0 Å². The quantitative estimate of drug-likeness (QED) is 0.607. The van der Waals surface area contributed by atoms with Gasteiger partial charge in [0.05, 0.1) is 5.56 Å². The summed E-state index contributed by atoms with van der Waals surface area (Å²) in [5.41, 5.74) is 5.38. The zero-order valence-corrected chi connectivity index (χ0v) is 7.41. The molecule has 0 fully saturated rings. The molecule has 0 aromatic heterocycles. The van der Waals surface area contributed by atoms with Gasteiger partial charge in [0.2, 0.25) is 0 Å². The second-order valence-corrected chi connectivity index (χ2v) is 3.88. The molecule has 0 saturated carbocycles. The van der Waals surface area contributed by atoms with Gasteiger partial charge in [0.1, 0.15) is 0 Å². The summed E-state index contributed by atoms with van der Waals surface area (Å²) in [6, 6.07) is 5.84. The molecule has 1 aromatic rings. The molecule has 1 rings (SSSR count). The predicted molar refractivity (Wildman–Crippen MR) is 48.3 cm³/mol. The highest BCUT2D eigenvalue weighted by Crippen LogP contribution is 2.12. The molecule has 0 radical (unpaired) electrons. The highest BCUT2D eigenvalue weighted by Gasteiger charge is 2.20. The summed E-state index contributed by atoms with van der Waals surface area (Å²) in [6.45, 7) is 0. The van der Waals surface area contributed by atoms with Crippen LogP contribution < -0.4 is 10.9 Å². The van der Waals surface area contributed by atoms with E-state index in [1.807, 2.05) is 0 Å². The number of hydrogen-bond donors (Lipinski definition) is 2. The van der Waals surface area contributed by atoms with Gasteiger partial charge in [0, 0.05) is 5.69 Å². The molecule has 0 aliphatic carbocycles. The van der Waals surface area contributed by atoms with Gasteiger partial charge in [0.15, 0.2) is 0 Å². The molecule has 4 N–H and O–H groups in total. The lowest BCUT2D eigenvalue weighted by molar-refractivity contribution is 0.107. The maximum Gasteiger partial charge on any atom is 0.293 e. The minimum absolute atomic E-state index is 0.0926. The lowest BCUT2D eigenvalue weighted by Crippen LogP contribution is -2.24. The molecule has 0 spiro atoms. The molecular weight excluding hydrogens is 192 g/mol. The Kier molecular flexibility index (Phi) is 2.35. The van der Waals surface area contributed by atoms with E-state index in [9.17, 15) is 13.2 Å². The summed E-state index contributed by atoms with van der Waals surface area (Å²) in [7, 11) is -4.20. The van der Waals surface area contributed by atoms with Crippen LogP contribution in [-0.4, -0.2) is 13.5 Å². The lowest BCUT2D eigenvalue weighted by Gasteiger charge is -2.00. The number of hydrogen-bond acceptors (Lipinski definition) is 4. The van der Waals surface area contributed by atoms with Crippen LogP contribution in [0.5, 0.6) is 0 Å². The van der Waals surface area contributed by atoms with Gasteiger partial charge in [-0.25, -0.2) is 13.6 Å². The molecule has 0 aliphatic rings. The molecular formula is C7H8N2O3S. The average molecular weight is 200 g/mol. The highest BCUT2D eigenvalue weighted by molar-refractivity contribution is 8.04. The Labute approximate surface area is 75.4 Å². The number of carbonyl (C=O) groups excluding carboxylic acids is 1. The van der Waals surface area contributed by atoms with Crippen LogP contribution in [0.1, 0.15) is 10.4 Å². The minimum atomic E-state index is -4.20. The van der Waals surface area contributed by atoms with E-state index in [0.29, 0.717) is 0 Å². The number of para-hydroxylation sites is 1. The molecule has 0 atom stereocenters. The number of nitrogens with two attached hydrogens (primary N) is 2. The van der Waals surface area contributed by atoms with Crippen molar-refractivity contribution in [2.24, 2.45) is 5.14 Å². The summed E-state index contributed by atoms with van der Waals surface area (Å²) < 4.78 is 21.3. The molecule has 6 heteroatoms. The Bertz CT molecular complexity index is 439. The first-order chi connectivity index (χ1) is 5.93. The standard InChI is InChI=1S/C7H8N2O3S/c8-6-4-2-1-3-5(6)7(10)13(9,11)12/h1-4H,8H2,(H2,9,11,12). The first-order valence-corrected chi connectivity index (χ1v) is 4.89. The number of anilines is 1. The molecule has 5 nitrogen and oxygen atoms in total. The average Bonchev–Trinajstić information content (AvgIpc) is 2.02. The zero-order valence-electron chi connectivity index (χ0n) is 6.60. The van der Waals surface area contributed by atoms with E-state index in [4.69, 9.17) is 5.73 Å². The molecule has 0 amide bonds. The van der Waals surface area contributed by atoms with E-state index >= 15 is 0 Å². The molecule has 1 aromatic carbocycles. The van der Waals surface area contributed by atoms with E-state index < -0.39 is 15.1 Å². The molecule has 70 valence electrons. The van der Waals surface area contributed by atoms with Crippen LogP contribution in [0.3, 0.4) is 0 Å². The Morgan fingerprint density at radius 1 is 1.23 bits per heavy atom. The molecule has 0 aliphatic heterocycles. The van der Waals surface area contributed by atoms with Gasteiger partial charge in [-0.2, -0.15) is 0 Å². The fourth-order valence-electron chi connectivity index (χ4n) is 0.836. The van der Waals surface area contributed by atoms with Crippen LogP contribution in [0.4, 0.5) is 5.69 Å². The summed E-state index contributed by atoms with van der Waals surface area (Å²) >= 11 is 0. The lowest BCUT2D eigenvalue weighted by atomic mass is 10.2. The Morgan fingerprint density at radius 3 is 2.23 bits per heavy atom. The van der Waals surface area contributed by atoms with Gasteiger partial charge in [-0.15, -0.1) is 0 Å².